The Morgan fingerprint density at radius 3 is 2.55 bits per heavy atom. The molecule has 0 saturated heterocycles. The maximum atomic E-state index is 11.8. The number of likely N-dealkylation sites (N-methyl/N-ethyl adjacent to an activating group) is 1. The standard InChI is InChI=1S/C24H34N2O4S/c1-5-15-31(27,28)26-13-14-29-19-11-12-22-20(17-19)21(16-18-9-7-6-8-10-18)23(25-4)24(2,3)30-22/h6-12,17,21,23,25-26H,5,13-16H2,1-4H3/t21-,23+/m1/s1. The lowest BCUT2D eigenvalue weighted by atomic mass is 9.76. The SMILES string of the molecule is CCCS(=O)(=O)NCCOc1ccc2c(c1)[C@@H](Cc1ccccc1)[C@H](NC)C(C)(C)O2. The van der Waals surface area contributed by atoms with Gasteiger partial charge in [-0.2, -0.15) is 0 Å². The number of hydrogen-bond acceptors (Lipinski definition) is 5. The summed E-state index contributed by atoms with van der Waals surface area (Å²) in [4.78, 5) is 0. The fraction of sp³-hybridized carbons (Fsp3) is 0.500. The molecule has 2 atom stereocenters. The van der Waals surface area contributed by atoms with Crippen molar-refractivity contribution in [2.45, 2.75) is 51.2 Å². The van der Waals surface area contributed by atoms with E-state index < -0.39 is 10.0 Å². The fourth-order valence-electron chi connectivity index (χ4n) is 4.36. The average Bonchev–Trinajstić information content (AvgIpc) is 2.72. The molecule has 2 N–H and O–H groups in total. The summed E-state index contributed by atoms with van der Waals surface area (Å²) in [6.45, 7) is 6.59. The zero-order valence-corrected chi connectivity index (χ0v) is 19.7. The van der Waals surface area contributed by atoms with Crippen LogP contribution >= 0.6 is 0 Å². The molecule has 31 heavy (non-hydrogen) atoms. The van der Waals surface area contributed by atoms with E-state index in [0.717, 1.165) is 17.7 Å². The molecule has 0 aromatic heterocycles. The van der Waals surface area contributed by atoms with Crippen LogP contribution in [0.5, 0.6) is 11.5 Å². The van der Waals surface area contributed by atoms with Gasteiger partial charge in [0.05, 0.1) is 11.8 Å². The Morgan fingerprint density at radius 2 is 1.87 bits per heavy atom. The molecule has 1 aliphatic rings. The number of nitrogens with one attached hydrogen (secondary N) is 2. The van der Waals surface area contributed by atoms with Gasteiger partial charge in [-0.05, 0) is 57.5 Å². The van der Waals surface area contributed by atoms with Crippen molar-refractivity contribution in [1.29, 1.82) is 0 Å². The molecule has 170 valence electrons. The smallest absolute Gasteiger partial charge is 0.211 e. The summed E-state index contributed by atoms with van der Waals surface area (Å²) in [5.41, 5.74) is 2.01. The van der Waals surface area contributed by atoms with E-state index in [4.69, 9.17) is 9.47 Å². The molecule has 6 nitrogen and oxygen atoms in total. The number of ether oxygens (including phenoxy) is 2. The molecule has 0 fully saturated rings. The largest absolute Gasteiger partial charge is 0.492 e. The molecular weight excluding hydrogens is 412 g/mol. The normalized spacial score (nSPS) is 20.0. The van der Waals surface area contributed by atoms with Crippen molar-refractivity contribution < 1.29 is 17.9 Å². The van der Waals surface area contributed by atoms with Crippen LogP contribution in [0.2, 0.25) is 0 Å². The highest BCUT2D eigenvalue weighted by Crippen LogP contribution is 2.44. The van der Waals surface area contributed by atoms with E-state index in [-0.39, 0.29) is 36.5 Å². The predicted octanol–water partition coefficient (Wildman–Crippen LogP) is 3.48. The summed E-state index contributed by atoms with van der Waals surface area (Å²) in [6.07, 6.45) is 1.47. The van der Waals surface area contributed by atoms with Gasteiger partial charge in [0.2, 0.25) is 10.0 Å². The van der Waals surface area contributed by atoms with Crippen LogP contribution in [0.4, 0.5) is 0 Å². The summed E-state index contributed by atoms with van der Waals surface area (Å²) >= 11 is 0. The minimum absolute atomic E-state index is 0.122. The number of fused-ring (bicyclic) bond motifs is 1. The number of hydrogen-bond donors (Lipinski definition) is 2. The molecule has 3 rings (SSSR count). The third-order valence-corrected chi connectivity index (χ3v) is 7.27. The van der Waals surface area contributed by atoms with Gasteiger partial charge >= 0.3 is 0 Å². The van der Waals surface area contributed by atoms with Crippen molar-refractivity contribution in [3.05, 3.63) is 59.7 Å². The fourth-order valence-corrected chi connectivity index (χ4v) is 5.44. The Bertz CT molecular complexity index is 961. The van der Waals surface area contributed by atoms with Gasteiger partial charge in [-0.1, -0.05) is 37.3 Å². The first kappa shape index (κ1) is 23.6. The Kier molecular flexibility index (Phi) is 7.62. The van der Waals surface area contributed by atoms with Crippen LogP contribution in [-0.4, -0.2) is 46.0 Å². The minimum Gasteiger partial charge on any atom is -0.492 e. The van der Waals surface area contributed by atoms with Crippen LogP contribution in [0.3, 0.4) is 0 Å². The highest BCUT2D eigenvalue weighted by Gasteiger charge is 2.43. The van der Waals surface area contributed by atoms with E-state index in [2.05, 4.69) is 48.2 Å². The predicted molar refractivity (Wildman–Crippen MR) is 124 cm³/mol. The van der Waals surface area contributed by atoms with Gasteiger partial charge in [-0.3, -0.25) is 0 Å². The second kappa shape index (κ2) is 10.0. The molecule has 7 heteroatoms. The molecule has 0 unspecified atom stereocenters. The molecule has 1 aliphatic heterocycles. The molecule has 0 aliphatic carbocycles. The summed E-state index contributed by atoms with van der Waals surface area (Å²) < 4.78 is 38.3. The third-order valence-electron chi connectivity index (χ3n) is 5.68. The van der Waals surface area contributed by atoms with Gasteiger partial charge in [-0.15, -0.1) is 0 Å². The maximum absolute atomic E-state index is 11.8. The Morgan fingerprint density at radius 1 is 1.13 bits per heavy atom. The lowest BCUT2D eigenvalue weighted by Crippen LogP contribution is -2.55. The van der Waals surface area contributed by atoms with E-state index in [1.165, 1.54) is 5.56 Å². The van der Waals surface area contributed by atoms with Crippen LogP contribution < -0.4 is 19.5 Å². The van der Waals surface area contributed by atoms with Gasteiger partial charge in [-0.25, -0.2) is 13.1 Å². The minimum atomic E-state index is -3.23. The molecule has 0 radical (unpaired) electrons. The molecule has 2 aromatic rings. The number of rotatable bonds is 10. The maximum Gasteiger partial charge on any atom is 0.211 e. The zero-order chi connectivity index (χ0) is 22.5. The van der Waals surface area contributed by atoms with E-state index in [9.17, 15) is 8.42 Å². The molecular formula is C24H34N2O4S. The van der Waals surface area contributed by atoms with E-state index >= 15 is 0 Å². The third kappa shape index (κ3) is 5.99. The molecule has 0 spiro atoms. The first-order valence-corrected chi connectivity index (χ1v) is 12.5. The van der Waals surface area contributed by atoms with Crippen molar-refractivity contribution in [3.63, 3.8) is 0 Å². The summed E-state index contributed by atoms with van der Waals surface area (Å²) in [6, 6.07) is 16.4. The summed E-state index contributed by atoms with van der Waals surface area (Å²) in [5.74, 6) is 1.92. The second-order valence-corrected chi connectivity index (χ2v) is 10.5. The van der Waals surface area contributed by atoms with Crippen LogP contribution in [0.1, 0.15) is 44.2 Å². The van der Waals surface area contributed by atoms with Crippen LogP contribution in [-0.2, 0) is 16.4 Å². The quantitative estimate of drug-likeness (QED) is 0.547. The monoisotopic (exact) mass is 446 g/mol. The van der Waals surface area contributed by atoms with Gasteiger partial charge in [0.15, 0.2) is 0 Å². The Balaban J connectivity index is 1.78. The Labute approximate surface area is 186 Å². The number of benzene rings is 2. The van der Waals surface area contributed by atoms with Gasteiger partial charge in [0.1, 0.15) is 23.7 Å². The molecule has 0 amide bonds. The molecule has 0 saturated carbocycles. The van der Waals surface area contributed by atoms with Crippen molar-refractivity contribution in [1.82, 2.24) is 10.0 Å². The van der Waals surface area contributed by atoms with Crippen LogP contribution in [0, 0.1) is 0 Å². The number of sulfonamides is 1. The Hall–Kier alpha value is -2.09. The first-order valence-electron chi connectivity index (χ1n) is 10.9. The van der Waals surface area contributed by atoms with E-state index in [0.29, 0.717) is 12.2 Å². The van der Waals surface area contributed by atoms with E-state index in [1.54, 1.807) is 0 Å². The summed E-state index contributed by atoms with van der Waals surface area (Å²) in [7, 11) is -1.25. The van der Waals surface area contributed by atoms with Crippen molar-refractivity contribution >= 4 is 10.0 Å². The second-order valence-electron chi connectivity index (χ2n) is 8.53. The average molecular weight is 447 g/mol. The van der Waals surface area contributed by atoms with E-state index in [1.807, 2.05) is 38.2 Å². The first-order chi connectivity index (χ1) is 14.8. The highest BCUT2D eigenvalue weighted by molar-refractivity contribution is 7.89. The lowest BCUT2D eigenvalue weighted by Gasteiger charge is -2.45. The van der Waals surface area contributed by atoms with Gasteiger partial charge < -0.3 is 14.8 Å². The van der Waals surface area contributed by atoms with Crippen molar-refractivity contribution in [2.24, 2.45) is 0 Å². The topological polar surface area (TPSA) is 76.7 Å². The zero-order valence-electron chi connectivity index (χ0n) is 18.9. The summed E-state index contributed by atoms with van der Waals surface area (Å²) in [5, 5.41) is 3.46. The lowest BCUT2D eigenvalue weighted by molar-refractivity contribution is 0.0364. The van der Waals surface area contributed by atoms with Crippen LogP contribution in [0.25, 0.3) is 0 Å². The molecule has 1 heterocycles. The highest BCUT2D eigenvalue weighted by atomic mass is 32.2. The van der Waals surface area contributed by atoms with Crippen molar-refractivity contribution in [3.8, 4) is 11.5 Å². The van der Waals surface area contributed by atoms with Crippen molar-refractivity contribution in [2.75, 3.05) is 26.0 Å². The molecule has 2 aromatic carbocycles. The molecule has 0 bridgehead atoms. The van der Waals surface area contributed by atoms with Crippen LogP contribution in [0.15, 0.2) is 48.5 Å². The van der Waals surface area contributed by atoms with Gasteiger partial charge in [0, 0.05) is 18.0 Å². The van der Waals surface area contributed by atoms with Gasteiger partial charge in [0.25, 0.3) is 0 Å².